The average molecular weight is 259 g/mol. The maximum absolute atomic E-state index is 8.94. The molecule has 0 spiro atoms. The van der Waals surface area contributed by atoms with Gasteiger partial charge in [-0.3, -0.25) is 0 Å². The molecule has 0 atom stereocenters. The number of pyridine rings is 1. The van der Waals surface area contributed by atoms with Crippen LogP contribution in [0.15, 0.2) is 30.5 Å². The SMILES string of the molecule is Cc1cc(Oc2cccnc2C#N)cc(C)c1Cl. The Morgan fingerprint density at radius 1 is 1.28 bits per heavy atom. The second-order valence-electron chi connectivity index (χ2n) is 3.94. The van der Waals surface area contributed by atoms with E-state index in [2.05, 4.69) is 4.98 Å². The van der Waals surface area contributed by atoms with Gasteiger partial charge in [0.25, 0.3) is 0 Å². The van der Waals surface area contributed by atoms with Gasteiger partial charge in [-0.05, 0) is 49.2 Å². The second-order valence-corrected chi connectivity index (χ2v) is 4.31. The highest BCUT2D eigenvalue weighted by atomic mass is 35.5. The van der Waals surface area contributed by atoms with E-state index in [1.807, 2.05) is 32.0 Å². The number of rotatable bonds is 2. The predicted octanol–water partition coefficient (Wildman–Crippen LogP) is 4.02. The first-order valence-corrected chi connectivity index (χ1v) is 5.79. The first-order valence-electron chi connectivity index (χ1n) is 5.41. The number of hydrogen-bond donors (Lipinski definition) is 0. The van der Waals surface area contributed by atoms with Crippen LogP contribution in [0.4, 0.5) is 0 Å². The quantitative estimate of drug-likeness (QED) is 0.817. The van der Waals surface area contributed by atoms with E-state index in [-0.39, 0.29) is 5.69 Å². The summed E-state index contributed by atoms with van der Waals surface area (Å²) < 4.78 is 5.67. The van der Waals surface area contributed by atoms with Crippen LogP contribution in [0, 0.1) is 25.2 Å². The zero-order valence-corrected chi connectivity index (χ0v) is 10.8. The van der Waals surface area contributed by atoms with Crippen LogP contribution < -0.4 is 4.74 Å². The number of halogens is 1. The first kappa shape index (κ1) is 12.4. The Hall–Kier alpha value is -2.05. The summed E-state index contributed by atoms with van der Waals surface area (Å²) in [5.74, 6) is 1.10. The first-order chi connectivity index (χ1) is 8.61. The lowest BCUT2D eigenvalue weighted by atomic mass is 10.1. The van der Waals surface area contributed by atoms with E-state index in [4.69, 9.17) is 21.6 Å². The van der Waals surface area contributed by atoms with Gasteiger partial charge >= 0.3 is 0 Å². The van der Waals surface area contributed by atoms with E-state index in [0.717, 1.165) is 16.1 Å². The summed E-state index contributed by atoms with van der Waals surface area (Å²) in [7, 11) is 0. The lowest BCUT2D eigenvalue weighted by molar-refractivity contribution is 0.477. The van der Waals surface area contributed by atoms with Crippen LogP contribution in [0.5, 0.6) is 11.5 Å². The van der Waals surface area contributed by atoms with Gasteiger partial charge in [0.05, 0.1) is 0 Å². The fourth-order valence-corrected chi connectivity index (χ4v) is 1.76. The molecular weight excluding hydrogens is 248 g/mol. The molecular formula is C14H11ClN2O. The Bertz CT molecular complexity index is 609. The third-order valence-electron chi connectivity index (χ3n) is 2.51. The van der Waals surface area contributed by atoms with Gasteiger partial charge in [-0.15, -0.1) is 0 Å². The minimum Gasteiger partial charge on any atom is -0.454 e. The summed E-state index contributed by atoms with van der Waals surface area (Å²) in [6, 6.07) is 9.11. The van der Waals surface area contributed by atoms with Gasteiger partial charge in [0.15, 0.2) is 11.4 Å². The van der Waals surface area contributed by atoms with Crippen LogP contribution >= 0.6 is 11.6 Å². The van der Waals surface area contributed by atoms with Crippen LogP contribution in [0.25, 0.3) is 0 Å². The van der Waals surface area contributed by atoms with E-state index in [9.17, 15) is 0 Å². The van der Waals surface area contributed by atoms with Crippen molar-refractivity contribution in [3.8, 4) is 17.6 Å². The molecule has 1 heterocycles. The molecule has 0 amide bonds. The molecule has 0 N–H and O–H groups in total. The summed E-state index contributed by atoms with van der Waals surface area (Å²) in [5, 5.41) is 9.67. The summed E-state index contributed by atoms with van der Waals surface area (Å²) in [4.78, 5) is 3.94. The van der Waals surface area contributed by atoms with Crippen LogP contribution in [-0.2, 0) is 0 Å². The normalized spacial score (nSPS) is 9.89. The molecule has 0 saturated carbocycles. The highest BCUT2D eigenvalue weighted by molar-refractivity contribution is 6.32. The molecule has 2 rings (SSSR count). The summed E-state index contributed by atoms with van der Waals surface area (Å²) >= 11 is 6.09. The highest BCUT2D eigenvalue weighted by Gasteiger charge is 2.08. The molecule has 90 valence electrons. The number of nitrogens with zero attached hydrogens (tertiary/aromatic N) is 2. The molecule has 1 aromatic heterocycles. The summed E-state index contributed by atoms with van der Waals surface area (Å²) in [6.07, 6.45) is 1.56. The van der Waals surface area contributed by atoms with Gasteiger partial charge < -0.3 is 4.74 Å². The lowest BCUT2D eigenvalue weighted by Crippen LogP contribution is -1.92. The number of aryl methyl sites for hydroxylation is 2. The molecule has 18 heavy (non-hydrogen) atoms. The van der Waals surface area contributed by atoms with Crippen molar-refractivity contribution in [2.24, 2.45) is 0 Å². The van der Waals surface area contributed by atoms with Crippen molar-refractivity contribution < 1.29 is 4.74 Å². The summed E-state index contributed by atoms with van der Waals surface area (Å²) in [6.45, 7) is 3.83. The number of ether oxygens (including phenoxy) is 1. The fraction of sp³-hybridized carbons (Fsp3) is 0.143. The zero-order chi connectivity index (χ0) is 13.1. The van der Waals surface area contributed by atoms with Gasteiger partial charge in [0.2, 0.25) is 0 Å². The molecule has 4 heteroatoms. The molecule has 0 bridgehead atoms. The van der Waals surface area contributed by atoms with Crippen LogP contribution in [0.2, 0.25) is 5.02 Å². The smallest absolute Gasteiger partial charge is 0.183 e. The van der Waals surface area contributed by atoms with E-state index in [1.54, 1.807) is 18.3 Å². The molecule has 0 aliphatic rings. The molecule has 1 aromatic carbocycles. The average Bonchev–Trinajstić information content (AvgIpc) is 2.36. The van der Waals surface area contributed by atoms with Crippen LogP contribution in [-0.4, -0.2) is 4.98 Å². The molecule has 0 aliphatic heterocycles. The minimum absolute atomic E-state index is 0.266. The number of benzene rings is 1. The molecule has 0 fully saturated rings. The third-order valence-corrected chi connectivity index (χ3v) is 3.11. The Balaban J connectivity index is 2.38. The maximum atomic E-state index is 8.94. The standard InChI is InChI=1S/C14H11ClN2O/c1-9-6-11(7-10(2)14(9)15)18-13-4-3-5-17-12(13)8-16/h3-7H,1-2H3. The largest absolute Gasteiger partial charge is 0.454 e. The molecule has 2 aromatic rings. The van der Waals surface area contributed by atoms with Gasteiger partial charge in [0, 0.05) is 11.2 Å². The third kappa shape index (κ3) is 2.44. The molecule has 3 nitrogen and oxygen atoms in total. The topological polar surface area (TPSA) is 45.9 Å². The van der Waals surface area contributed by atoms with Gasteiger partial charge in [0.1, 0.15) is 11.8 Å². The Morgan fingerprint density at radius 2 is 1.94 bits per heavy atom. The van der Waals surface area contributed by atoms with Crippen molar-refractivity contribution in [3.05, 3.63) is 52.3 Å². The van der Waals surface area contributed by atoms with Crippen molar-refractivity contribution in [2.75, 3.05) is 0 Å². The predicted molar refractivity (Wildman–Crippen MR) is 70.0 cm³/mol. The number of hydrogen-bond acceptors (Lipinski definition) is 3. The van der Waals surface area contributed by atoms with Crippen molar-refractivity contribution in [1.29, 1.82) is 5.26 Å². The van der Waals surface area contributed by atoms with E-state index in [1.165, 1.54) is 0 Å². The molecule has 0 aliphatic carbocycles. The van der Waals surface area contributed by atoms with Crippen LogP contribution in [0.1, 0.15) is 16.8 Å². The molecule has 0 radical (unpaired) electrons. The minimum atomic E-state index is 0.266. The summed E-state index contributed by atoms with van der Waals surface area (Å²) in [5.41, 5.74) is 2.14. The molecule has 0 saturated heterocycles. The second kappa shape index (κ2) is 5.07. The Morgan fingerprint density at radius 3 is 2.56 bits per heavy atom. The highest BCUT2D eigenvalue weighted by Crippen LogP contribution is 2.29. The Labute approximate surface area is 111 Å². The fourth-order valence-electron chi connectivity index (χ4n) is 1.65. The van der Waals surface area contributed by atoms with Crippen molar-refractivity contribution in [1.82, 2.24) is 4.98 Å². The van der Waals surface area contributed by atoms with Gasteiger partial charge in [-0.2, -0.15) is 5.26 Å². The van der Waals surface area contributed by atoms with Crippen molar-refractivity contribution >= 4 is 11.6 Å². The zero-order valence-electron chi connectivity index (χ0n) is 10.1. The monoisotopic (exact) mass is 258 g/mol. The number of aromatic nitrogens is 1. The van der Waals surface area contributed by atoms with E-state index >= 15 is 0 Å². The van der Waals surface area contributed by atoms with Crippen LogP contribution in [0.3, 0.4) is 0 Å². The van der Waals surface area contributed by atoms with E-state index in [0.29, 0.717) is 11.5 Å². The maximum Gasteiger partial charge on any atom is 0.183 e. The van der Waals surface area contributed by atoms with Gasteiger partial charge in [-0.1, -0.05) is 11.6 Å². The number of nitriles is 1. The van der Waals surface area contributed by atoms with Crippen molar-refractivity contribution in [3.63, 3.8) is 0 Å². The van der Waals surface area contributed by atoms with E-state index < -0.39 is 0 Å². The lowest BCUT2D eigenvalue weighted by Gasteiger charge is -2.10. The van der Waals surface area contributed by atoms with Gasteiger partial charge in [-0.25, -0.2) is 4.98 Å². The molecule has 0 unspecified atom stereocenters. The van der Waals surface area contributed by atoms with Crippen molar-refractivity contribution in [2.45, 2.75) is 13.8 Å². The Kier molecular flexibility index (Phi) is 3.50.